The van der Waals surface area contributed by atoms with Gasteiger partial charge in [0.1, 0.15) is 0 Å². The molecule has 0 aromatic heterocycles. The summed E-state index contributed by atoms with van der Waals surface area (Å²) in [5.74, 6) is 1.77. The van der Waals surface area contributed by atoms with Gasteiger partial charge < -0.3 is 10.6 Å². The first kappa shape index (κ1) is 15.5. The van der Waals surface area contributed by atoms with E-state index in [9.17, 15) is 0 Å². The van der Waals surface area contributed by atoms with Gasteiger partial charge in [0.2, 0.25) is 0 Å². The monoisotopic (exact) mass is 274 g/mol. The quantitative estimate of drug-likeness (QED) is 0.891. The average Bonchev–Trinajstić information content (AvgIpc) is 2.71. The summed E-state index contributed by atoms with van der Waals surface area (Å²) in [6, 6.07) is 8.61. The molecular weight excluding hydrogens is 244 g/mol. The van der Waals surface area contributed by atoms with Crippen LogP contribution in [0.2, 0.25) is 0 Å². The zero-order valence-corrected chi connectivity index (χ0v) is 13.1. The van der Waals surface area contributed by atoms with E-state index in [1.54, 1.807) is 0 Å². The molecule has 20 heavy (non-hydrogen) atoms. The van der Waals surface area contributed by atoms with Gasteiger partial charge in [-0.2, -0.15) is 0 Å². The Labute approximate surface area is 124 Å². The molecule has 2 N–H and O–H groups in total. The van der Waals surface area contributed by atoms with Crippen LogP contribution in [0.25, 0.3) is 0 Å². The van der Waals surface area contributed by atoms with E-state index in [0.29, 0.717) is 6.54 Å². The number of rotatable bonds is 5. The van der Waals surface area contributed by atoms with E-state index < -0.39 is 0 Å². The van der Waals surface area contributed by atoms with Crippen molar-refractivity contribution in [3.05, 3.63) is 35.4 Å². The molecule has 0 saturated carbocycles. The predicted molar refractivity (Wildman–Crippen MR) is 86.7 cm³/mol. The molecule has 112 valence electrons. The van der Waals surface area contributed by atoms with Gasteiger partial charge in [-0.25, -0.2) is 0 Å². The average molecular weight is 274 g/mol. The lowest BCUT2D eigenvalue weighted by atomic mass is 9.89. The first-order valence-electron chi connectivity index (χ1n) is 8.20. The molecule has 2 rings (SSSR count). The molecule has 2 heteroatoms. The number of likely N-dealkylation sites (tertiary alicyclic amines) is 1. The van der Waals surface area contributed by atoms with E-state index in [-0.39, 0.29) is 0 Å². The summed E-state index contributed by atoms with van der Waals surface area (Å²) < 4.78 is 0. The first-order valence-corrected chi connectivity index (χ1v) is 8.20. The van der Waals surface area contributed by atoms with Crippen LogP contribution in [0.5, 0.6) is 0 Å². The zero-order valence-electron chi connectivity index (χ0n) is 13.1. The van der Waals surface area contributed by atoms with Crippen LogP contribution in [-0.4, -0.2) is 24.5 Å². The largest absolute Gasteiger partial charge is 0.326 e. The Balaban J connectivity index is 1.85. The lowest BCUT2D eigenvalue weighted by Crippen LogP contribution is -2.27. The first-order chi connectivity index (χ1) is 9.70. The van der Waals surface area contributed by atoms with E-state index in [1.807, 2.05) is 0 Å². The fourth-order valence-corrected chi connectivity index (χ4v) is 3.35. The maximum Gasteiger partial charge on any atom is 0.0180 e. The summed E-state index contributed by atoms with van der Waals surface area (Å²) in [6.45, 7) is 9.13. The summed E-state index contributed by atoms with van der Waals surface area (Å²) >= 11 is 0. The molecule has 0 spiro atoms. The van der Waals surface area contributed by atoms with Gasteiger partial charge in [0.15, 0.2) is 0 Å². The molecule has 1 aromatic carbocycles. The van der Waals surface area contributed by atoms with Crippen molar-refractivity contribution in [2.45, 2.75) is 46.1 Å². The minimum absolute atomic E-state index is 0.658. The number of hydrogen-bond acceptors (Lipinski definition) is 2. The Kier molecular flexibility index (Phi) is 6.06. The van der Waals surface area contributed by atoms with Crippen molar-refractivity contribution in [2.75, 3.05) is 19.6 Å². The normalized spacial score (nSPS) is 21.1. The van der Waals surface area contributed by atoms with Gasteiger partial charge in [0.25, 0.3) is 0 Å². The van der Waals surface area contributed by atoms with Gasteiger partial charge in [-0.3, -0.25) is 0 Å². The number of hydrogen-bond donors (Lipinski definition) is 1. The van der Waals surface area contributed by atoms with E-state index in [4.69, 9.17) is 5.73 Å². The van der Waals surface area contributed by atoms with E-state index >= 15 is 0 Å². The second kappa shape index (κ2) is 7.80. The second-order valence-electron chi connectivity index (χ2n) is 6.50. The lowest BCUT2D eigenvalue weighted by molar-refractivity contribution is 0.275. The summed E-state index contributed by atoms with van der Waals surface area (Å²) in [5, 5.41) is 0. The van der Waals surface area contributed by atoms with Gasteiger partial charge in [-0.05, 0) is 61.7 Å². The van der Waals surface area contributed by atoms with Crippen LogP contribution in [0.4, 0.5) is 0 Å². The van der Waals surface area contributed by atoms with Crippen LogP contribution in [0.15, 0.2) is 24.3 Å². The number of benzene rings is 1. The number of nitrogens with two attached hydrogens (primary N) is 1. The molecule has 1 aromatic rings. The van der Waals surface area contributed by atoms with Gasteiger partial charge in [-0.15, -0.1) is 0 Å². The molecule has 1 saturated heterocycles. The van der Waals surface area contributed by atoms with E-state index in [1.165, 1.54) is 50.0 Å². The molecule has 0 aliphatic carbocycles. The van der Waals surface area contributed by atoms with Crippen molar-refractivity contribution in [3.8, 4) is 0 Å². The molecule has 1 aliphatic heterocycles. The van der Waals surface area contributed by atoms with Crippen LogP contribution >= 0.6 is 0 Å². The third kappa shape index (κ3) is 4.32. The molecule has 0 bridgehead atoms. The minimum Gasteiger partial charge on any atom is -0.326 e. The summed E-state index contributed by atoms with van der Waals surface area (Å²) in [4.78, 5) is 2.65. The molecule has 1 aliphatic rings. The van der Waals surface area contributed by atoms with Crippen molar-refractivity contribution in [1.29, 1.82) is 0 Å². The van der Waals surface area contributed by atoms with Crippen LogP contribution in [0, 0.1) is 11.8 Å². The highest BCUT2D eigenvalue weighted by Gasteiger charge is 2.19. The van der Waals surface area contributed by atoms with E-state index in [2.05, 4.69) is 43.0 Å². The lowest BCUT2D eigenvalue weighted by Gasteiger charge is -2.21. The predicted octanol–water partition coefficient (Wildman–Crippen LogP) is 3.45. The molecule has 1 fully saturated rings. The molecule has 2 nitrogen and oxygen atoms in total. The standard InChI is InChI=1S/C18H30N2/c1-15(2)16-8-5-11-20(12-9-16)13-10-17-6-3-4-7-18(17)14-19/h3-4,6-7,15-16H,5,8-14,19H2,1-2H3. The highest BCUT2D eigenvalue weighted by atomic mass is 15.1. The Bertz CT molecular complexity index is 400. The highest BCUT2D eigenvalue weighted by molar-refractivity contribution is 5.27. The van der Waals surface area contributed by atoms with E-state index in [0.717, 1.165) is 18.3 Å². The van der Waals surface area contributed by atoms with Crippen molar-refractivity contribution < 1.29 is 0 Å². The molecule has 0 radical (unpaired) electrons. The SMILES string of the molecule is CC(C)C1CCCN(CCc2ccccc2CN)CC1. The third-order valence-electron chi connectivity index (χ3n) is 4.84. The highest BCUT2D eigenvalue weighted by Crippen LogP contribution is 2.24. The molecule has 1 unspecified atom stereocenters. The number of nitrogens with zero attached hydrogens (tertiary/aromatic N) is 1. The minimum atomic E-state index is 0.658. The fourth-order valence-electron chi connectivity index (χ4n) is 3.35. The van der Waals surface area contributed by atoms with Crippen molar-refractivity contribution in [1.82, 2.24) is 4.90 Å². The fraction of sp³-hybridized carbons (Fsp3) is 0.667. The van der Waals surface area contributed by atoms with Crippen molar-refractivity contribution in [2.24, 2.45) is 17.6 Å². The third-order valence-corrected chi connectivity index (χ3v) is 4.84. The van der Waals surface area contributed by atoms with Gasteiger partial charge in [0, 0.05) is 13.1 Å². The van der Waals surface area contributed by atoms with Crippen LogP contribution < -0.4 is 5.73 Å². The van der Waals surface area contributed by atoms with Gasteiger partial charge in [0.05, 0.1) is 0 Å². The van der Waals surface area contributed by atoms with Crippen LogP contribution in [0.3, 0.4) is 0 Å². The topological polar surface area (TPSA) is 29.3 Å². The maximum absolute atomic E-state index is 5.82. The molecular formula is C18H30N2. The Morgan fingerprint density at radius 3 is 2.60 bits per heavy atom. The Hall–Kier alpha value is -0.860. The molecule has 1 atom stereocenters. The van der Waals surface area contributed by atoms with Crippen LogP contribution in [-0.2, 0) is 13.0 Å². The Morgan fingerprint density at radius 2 is 1.90 bits per heavy atom. The van der Waals surface area contributed by atoms with Crippen LogP contribution in [0.1, 0.15) is 44.2 Å². The van der Waals surface area contributed by atoms with Crippen molar-refractivity contribution >= 4 is 0 Å². The second-order valence-corrected chi connectivity index (χ2v) is 6.50. The summed E-state index contributed by atoms with van der Waals surface area (Å²) in [7, 11) is 0. The molecule has 0 amide bonds. The van der Waals surface area contributed by atoms with Crippen molar-refractivity contribution in [3.63, 3.8) is 0 Å². The van der Waals surface area contributed by atoms with Gasteiger partial charge >= 0.3 is 0 Å². The Morgan fingerprint density at radius 1 is 1.15 bits per heavy atom. The summed E-state index contributed by atoms with van der Waals surface area (Å²) in [5.41, 5.74) is 8.56. The van der Waals surface area contributed by atoms with Gasteiger partial charge in [-0.1, -0.05) is 38.1 Å². The smallest absolute Gasteiger partial charge is 0.0180 e. The zero-order chi connectivity index (χ0) is 14.4. The summed E-state index contributed by atoms with van der Waals surface area (Å²) in [6.07, 6.45) is 5.28. The maximum atomic E-state index is 5.82. The molecule has 1 heterocycles.